The van der Waals surface area contributed by atoms with Crippen molar-refractivity contribution >= 4 is 17.4 Å². The second kappa shape index (κ2) is 6.19. The first-order valence-corrected chi connectivity index (χ1v) is 6.43. The van der Waals surface area contributed by atoms with Crippen molar-refractivity contribution in [3.63, 3.8) is 0 Å². The van der Waals surface area contributed by atoms with E-state index >= 15 is 0 Å². The van der Waals surface area contributed by atoms with Crippen LogP contribution in [0.25, 0.3) is 0 Å². The Hall–Kier alpha value is -0.840. The van der Waals surface area contributed by atoms with Gasteiger partial charge in [-0.1, -0.05) is 26.0 Å². The molecule has 0 saturated carbocycles. The summed E-state index contributed by atoms with van der Waals surface area (Å²) >= 11 is 1.81. The van der Waals surface area contributed by atoms with Gasteiger partial charge in [-0.05, 0) is 22.9 Å². The maximum atomic E-state index is 12.0. The lowest BCUT2D eigenvalue weighted by Crippen LogP contribution is -2.21. The summed E-state index contributed by atoms with van der Waals surface area (Å²) in [4.78, 5) is 0. The van der Waals surface area contributed by atoms with E-state index in [2.05, 4.69) is 19.2 Å². The zero-order valence-corrected chi connectivity index (χ0v) is 10.7. The van der Waals surface area contributed by atoms with E-state index in [1.807, 2.05) is 23.9 Å². The van der Waals surface area contributed by atoms with Crippen LogP contribution in [-0.4, -0.2) is 18.0 Å². The van der Waals surface area contributed by atoms with E-state index < -0.39 is 12.7 Å². The van der Waals surface area contributed by atoms with Crippen LogP contribution < -0.4 is 5.32 Å². The maximum Gasteiger partial charge on any atom is 0.405 e. The molecular formula is C12H16F3NS. The molecule has 0 fully saturated rings. The topological polar surface area (TPSA) is 12.0 Å². The van der Waals surface area contributed by atoms with Crippen LogP contribution in [0, 0.1) is 0 Å². The van der Waals surface area contributed by atoms with Crippen molar-refractivity contribution in [1.29, 1.82) is 0 Å². The number of alkyl halides is 3. The summed E-state index contributed by atoms with van der Waals surface area (Å²) in [6.45, 7) is 3.24. The molecule has 0 aliphatic carbocycles. The van der Waals surface area contributed by atoms with E-state index in [1.54, 1.807) is 12.1 Å². The zero-order chi connectivity index (χ0) is 12.9. The van der Waals surface area contributed by atoms with Gasteiger partial charge in [0.2, 0.25) is 0 Å². The molecule has 1 nitrogen and oxygen atoms in total. The van der Waals surface area contributed by atoms with Gasteiger partial charge in [0.25, 0.3) is 0 Å². The van der Waals surface area contributed by atoms with Gasteiger partial charge in [-0.2, -0.15) is 24.9 Å². The molecule has 1 rings (SSSR count). The van der Waals surface area contributed by atoms with Crippen LogP contribution in [0.5, 0.6) is 0 Å². The second-order valence-corrected chi connectivity index (χ2v) is 5.59. The smallest absolute Gasteiger partial charge is 0.376 e. The molecule has 1 aromatic carbocycles. The number of halogens is 3. The standard InChI is InChI=1S/C12H16F3NS/c1-9(2)17-7-10-3-5-11(6-4-10)16-8-12(13,14)15/h3-6,9,16H,7-8H2,1-2H3. The lowest BCUT2D eigenvalue weighted by Gasteiger charge is -2.10. The number of hydrogen-bond donors (Lipinski definition) is 1. The Kier molecular flexibility index (Phi) is 5.18. The Labute approximate surface area is 104 Å². The zero-order valence-electron chi connectivity index (χ0n) is 9.84. The summed E-state index contributed by atoms with van der Waals surface area (Å²) in [5.41, 5.74) is 1.63. The van der Waals surface area contributed by atoms with Crippen molar-refractivity contribution in [1.82, 2.24) is 0 Å². The third-order valence-electron chi connectivity index (χ3n) is 2.03. The molecule has 96 valence electrons. The minimum Gasteiger partial charge on any atom is -0.376 e. The van der Waals surface area contributed by atoms with Crippen molar-refractivity contribution in [3.05, 3.63) is 29.8 Å². The van der Waals surface area contributed by atoms with Crippen LogP contribution in [0.3, 0.4) is 0 Å². The summed E-state index contributed by atoms with van der Waals surface area (Å²) in [5, 5.41) is 2.90. The van der Waals surface area contributed by atoms with Gasteiger partial charge in [-0.15, -0.1) is 0 Å². The van der Waals surface area contributed by atoms with Crippen LogP contribution in [0.2, 0.25) is 0 Å². The molecule has 1 N–H and O–H groups in total. The van der Waals surface area contributed by atoms with Crippen molar-refractivity contribution in [2.45, 2.75) is 31.0 Å². The molecule has 0 aliphatic heterocycles. The molecule has 17 heavy (non-hydrogen) atoms. The third-order valence-corrected chi connectivity index (χ3v) is 3.20. The Morgan fingerprint density at radius 3 is 2.24 bits per heavy atom. The van der Waals surface area contributed by atoms with E-state index in [1.165, 1.54) is 0 Å². The third kappa shape index (κ3) is 6.46. The second-order valence-electron chi connectivity index (χ2n) is 4.03. The number of thioether (sulfide) groups is 1. The first-order chi connectivity index (χ1) is 7.87. The van der Waals surface area contributed by atoms with Crippen LogP contribution in [0.15, 0.2) is 24.3 Å². The Bertz CT molecular complexity index is 333. The van der Waals surface area contributed by atoms with E-state index in [9.17, 15) is 13.2 Å². The Morgan fingerprint density at radius 2 is 1.76 bits per heavy atom. The lowest BCUT2D eigenvalue weighted by molar-refractivity contribution is -0.115. The monoisotopic (exact) mass is 263 g/mol. The van der Waals surface area contributed by atoms with Gasteiger partial charge in [0, 0.05) is 11.4 Å². The summed E-state index contributed by atoms with van der Waals surface area (Å²) < 4.78 is 35.9. The fourth-order valence-electron chi connectivity index (χ4n) is 1.18. The molecular weight excluding hydrogens is 247 g/mol. The SMILES string of the molecule is CC(C)SCc1ccc(NCC(F)(F)F)cc1. The summed E-state index contributed by atoms with van der Waals surface area (Å²) in [6.07, 6.45) is -4.17. The molecule has 0 bridgehead atoms. The number of hydrogen-bond acceptors (Lipinski definition) is 2. The molecule has 0 amide bonds. The van der Waals surface area contributed by atoms with E-state index in [0.717, 1.165) is 11.3 Å². The summed E-state index contributed by atoms with van der Waals surface area (Å²) in [6, 6.07) is 7.08. The van der Waals surface area contributed by atoms with Gasteiger partial charge in [0.15, 0.2) is 0 Å². The fourth-order valence-corrected chi connectivity index (χ4v) is 1.90. The lowest BCUT2D eigenvalue weighted by atomic mass is 10.2. The largest absolute Gasteiger partial charge is 0.405 e. The molecule has 0 aromatic heterocycles. The van der Waals surface area contributed by atoms with Gasteiger partial charge in [0.1, 0.15) is 6.54 Å². The average molecular weight is 263 g/mol. The average Bonchev–Trinajstić information content (AvgIpc) is 2.24. The first kappa shape index (κ1) is 14.2. The van der Waals surface area contributed by atoms with Crippen LogP contribution in [0.4, 0.5) is 18.9 Å². The molecule has 0 atom stereocenters. The van der Waals surface area contributed by atoms with Crippen molar-refractivity contribution in [3.8, 4) is 0 Å². The minimum absolute atomic E-state index is 0.501. The first-order valence-electron chi connectivity index (χ1n) is 5.38. The number of benzene rings is 1. The quantitative estimate of drug-likeness (QED) is 0.850. The number of anilines is 1. The Balaban J connectivity index is 2.45. The molecule has 0 spiro atoms. The minimum atomic E-state index is -4.17. The molecule has 0 aliphatic rings. The van der Waals surface area contributed by atoms with Crippen molar-refractivity contribution in [2.75, 3.05) is 11.9 Å². The molecule has 0 radical (unpaired) electrons. The maximum absolute atomic E-state index is 12.0. The highest BCUT2D eigenvalue weighted by molar-refractivity contribution is 7.99. The Morgan fingerprint density at radius 1 is 1.18 bits per heavy atom. The predicted molar refractivity (Wildman–Crippen MR) is 67.4 cm³/mol. The van der Waals surface area contributed by atoms with Crippen molar-refractivity contribution in [2.24, 2.45) is 0 Å². The van der Waals surface area contributed by atoms with Gasteiger partial charge in [-0.25, -0.2) is 0 Å². The molecule has 0 saturated heterocycles. The summed E-state index contributed by atoms with van der Waals surface area (Å²) in [5.74, 6) is 0.886. The summed E-state index contributed by atoms with van der Waals surface area (Å²) in [7, 11) is 0. The van der Waals surface area contributed by atoms with Gasteiger partial charge in [0.05, 0.1) is 0 Å². The van der Waals surface area contributed by atoms with Crippen LogP contribution in [-0.2, 0) is 5.75 Å². The fraction of sp³-hybridized carbons (Fsp3) is 0.500. The van der Waals surface area contributed by atoms with E-state index in [-0.39, 0.29) is 0 Å². The van der Waals surface area contributed by atoms with Gasteiger partial charge < -0.3 is 5.32 Å². The van der Waals surface area contributed by atoms with Crippen LogP contribution in [0.1, 0.15) is 19.4 Å². The normalized spacial score (nSPS) is 11.9. The molecule has 1 aromatic rings. The van der Waals surface area contributed by atoms with Gasteiger partial charge in [-0.3, -0.25) is 0 Å². The highest BCUT2D eigenvalue weighted by Gasteiger charge is 2.26. The number of nitrogens with one attached hydrogen (secondary N) is 1. The molecule has 5 heteroatoms. The van der Waals surface area contributed by atoms with E-state index in [0.29, 0.717) is 10.9 Å². The van der Waals surface area contributed by atoms with Crippen LogP contribution >= 0.6 is 11.8 Å². The molecule has 0 heterocycles. The van der Waals surface area contributed by atoms with Crippen molar-refractivity contribution < 1.29 is 13.2 Å². The molecule has 0 unspecified atom stereocenters. The van der Waals surface area contributed by atoms with E-state index in [4.69, 9.17) is 0 Å². The number of rotatable bonds is 5. The highest BCUT2D eigenvalue weighted by Crippen LogP contribution is 2.20. The highest BCUT2D eigenvalue weighted by atomic mass is 32.2. The van der Waals surface area contributed by atoms with Gasteiger partial charge >= 0.3 is 6.18 Å². The predicted octanol–water partition coefficient (Wildman–Crippen LogP) is 4.30.